The van der Waals surface area contributed by atoms with Crippen molar-refractivity contribution in [1.29, 1.82) is 0 Å². The minimum absolute atomic E-state index is 0.0263. The van der Waals surface area contributed by atoms with Gasteiger partial charge in [0, 0.05) is 6.04 Å². The molecule has 0 heterocycles. The fourth-order valence-electron chi connectivity index (χ4n) is 2.90. The van der Waals surface area contributed by atoms with Crippen LogP contribution in [0.1, 0.15) is 51.4 Å². The number of hydrogen-bond donors (Lipinski definition) is 3. The third-order valence-corrected chi connectivity index (χ3v) is 3.98. The van der Waals surface area contributed by atoms with Crippen LogP contribution in [-0.2, 0) is 4.79 Å². The Balaban J connectivity index is 1.65. The highest BCUT2D eigenvalue weighted by molar-refractivity contribution is 5.78. The summed E-state index contributed by atoms with van der Waals surface area (Å²) in [5.74, 6) is 0.0304. The highest BCUT2D eigenvalue weighted by Crippen LogP contribution is 2.19. The summed E-state index contributed by atoms with van der Waals surface area (Å²) in [4.78, 5) is 11.7. The monoisotopic (exact) mass is 240 g/mol. The van der Waals surface area contributed by atoms with Crippen LogP contribution in [0.25, 0.3) is 0 Å². The van der Waals surface area contributed by atoms with Gasteiger partial charge in [0.05, 0.1) is 18.7 Å². The Kier molecular flexibility index (Phi) is 4.80. The van der Waals surface area contributed by atoms with Crippen LogP contribution in [0, 0.1) is 0 Å². The van der Waals surface area contributed by atoms with Gasteiger partial charge in [-0.3, -0.25) is 4.79 Å². The fraction of sp³-hybridized carbons (Fsp3) is 0.923. The summed E-state index contributed by atoms with van der Waals surface area (Å²) in [5.41, 5.74) is 0. The lowest BCUT2D eigenvalue weighted by Crippen LogP contribution is -2.48. The first-order chi connectivity index (χ1) is 8.25. The molecule has 2 rings (SSSR count). The number of nitrogens with one attached hydrogen (secondary N) is 2. The van der Waals surface area contributed by atoms with Crippen LogP contribution >= 0.6 is 0 Å². The zero-order valence-electron chi connectivity index (χ0n) is 10.5. The molecule has 3 N–H and O–H groups in total. The first-order valence-corrected chi connectivity index (χ1v) is 6.96. The molecule has 1 amide bonds. The van der Waals surface area contributed by atoms with Gasteiger partial charge in [0.15, 0.2) is 0 Å². The van der Waals surface area contributed by atoms with Gasteiger partial charge >= 0.3 is 0 Å². The first kappa shape index (κ1) is 12.8. The average Bonchev–Trinajstić information content (AvgIpc) is 2.82. The molecule has 0 aliphatic heterocycles. The molecule has 4 nitrogen and oxygen atoms in total. The second kappa shape index (κ2) is 6.36. The second-order valence-corrected chi connectivity index (χ2v) is 5.39. The van der Waals surface area contributed by atoms with Crippen LogP contribution in [0.4, 0.5) is 0 Å². The molecule has 2 fully saturated rings. The van der Waals surface area contributed by atoms with Crippen molar-refractivity contribution in [2.75, 3.05) is 6.54 Å². The summed E-state index contributed by atoms with van der Waals surface area (Å²) >= 11 is 0. The van der Waals surface area contributed by atoms with Gasteiger partial charge < -0.3 is 15.7 Å². The van der Waals surface area contributed by atoms with Gasteiger partial charge in [-0.05, 0) is 25.7 Å². The number of hydrogen-bond acceptors (Lipinski definition) is 3. The Morgan fingerprint density at radius 3 is 2.41 bits per heavy atom. The van der Waals surface area contributed by atoms with Crippen LogP contribution < -0.4 is 10.6 Å². The number of rotatable bonds is 4. The van der Waals surface area contributed by atoms with E-state index in [4.69, 9.17) is 0 Å². The summed E-state index contributed by atoms with van der Waals surface area (Å²) in [5, 5.41) is 16.0. The van der Waals surface area contributed by atoms with Gasteiger partial charge in [-0.25, -0.2) is 0 Å². The Morgan fingerprint density at radius 1 is 1.06 bits per heavy atom. The summed E-state index contributed by atoms with van der Waals surface area (Å²) in [7, 11) is 0. The van der Waals surface area contributed by atoms with Crippen LogP contribution in [0.5, 0.6) is 0 Å². The summed E-state index contributed by atoms with van der Waals surface area (Å²) in [6.45, 7) is 0.397. The number of aliphatic hydroxyl groups is 1. The third-order valence-electron chi connectivity index (χ3n) is 3.98. The van der Waals surface area contributed by atoms with Gasteiger partial charge in [0.1, 0.15) is 0 Å². The molecular formula is C13H24N2O2. The van der Waals surface area contributed by atoms with Crippen LogP contribution in [0.15, 0.2) is 0 Å². The lowest BCUT2D eigenvalue weighted by molar-refractivity contribution is -0.122. The molecular weight excluding hydrogens is 216 g/mol. The fourth-order valence-corrected chi connectivity index (χ4v) is 2.90. The van der Waals surface area contributed by atoms with E-state index in [2.05, 4.69) is 10.6 Å². The Bertz CT molecular complexity index is 252. The van der Waals surface area contributed by atoms with Gasteiger partial charge in [-0.2, -0.15) is 0 Å². The SMILES string of the molecule is O=C(CNC1CCCC1)N[C@@H]1CCCC[C@H]1O. The van der Waals surface area contributed by atoms with Crippen molar-refractivity contribution in [3.05, 3.63) is 0 Å². The van der Waals surface area contributed by atoms with Crippen molar-refractivity contribution in [1.82, 2.24) is 10.6 Å². The van der Waals surface area contributed by atoms with E-state index in [9.17, 15) is 9.90 Å². The summed E-state index contributed by atoms with van der Waals surface area (Å²) in [6.07, 6.45) is 8.52. The minimum atomic E-state index is -0.348. The summed E-state index contributed by atoms with van der Waals surface area (Å²) < 4.78 is 0. The Morgan fingerprint density at radius 2 is 1.71 bits per heavy atom. The predicted octanol–water partition coefficient (Wildman–Crippen LogP) is 0.938. The van der Waals surface area contributed by atoms with Crippen LogP contribution in [0.2, 0.25) is 0 Å². The second-order valence-electron chi connectivity index (χ2n) is 5.39. The smallest absolute Gasteiger partial charge is 0.234 e. The van der Waals surface area contributed by atoms with E-state index in [0.717, 1.165) is 25.7 Å². The normalized spacial score (nSPS) is 30.4. The minimum Gasteiger partial charge on any atom is -0.391 e. The molecule has 0 saturated heterocycles. The van der Waals surface area contributed by atoms with Crippen LogP contribution in [-0.4, -0.2) is 35.7 Å². The van der Waals surface area contributed by atoms with Crippen molar-refractivity contribution in [2.24, 2.45) is 0 Å². The highest BCUT2D eigenvalue weighted by atomic mass is 16.3. The molecule has 17 heavy (non-hydrogen) atoms. The maximum absolute atomic E-state index is 11.7. The molecule has 2 aliphatic carbocycles. The molecule has 0 radical (unpaired) electrons. The number of aliphatic hydroxyl groups excluding tert-OH is 1. The molecule has 2 atom stereocenters. The average molecular weight is 240 g/mol. The van der Waals surface area contributed by atoms with Gasteiger partial charge in [0.2, 0.25) is 5.91 Å². The topological polar surface area (TPSA) is 61.4 Å². The first-order valence-electron chi connectivity index (χ1n) is 6.96. The van der Waals surface area contributed by atoms with E-state index >= 15 is 0 Å². The van der Waals surface area contributed by atoms with Crippen molar-refractivity contribution < 1.29 is 9.90 Å². The van der Waals surface area contributed by atoms with Crippen molar-refractivity contribution >= 4 is 5.91 Å². The molecule has 0 aromatic carbocycles. The lowest BCUT2D eigenvalue weighted by Gasteiger charge is -2.28. The van der Waals surface area contributed by atoms with Crippen molar-refractivity contribution in [3.8, 4) is 0 Å². The summed E-state index contributed by atoms with van der Waals surface area (Å²) in [6, 6.07) is 0.499. The van der Waals surface area contributed by atoms with Gasteiger partial charge in [-0.1, -0.05) is 25.7 Å². The molecule has 2 aliphatic rings. The maximum Gasteiger partial charge on any atom is 0.234 e. The molecule has 0 bridgehead atoms. The quantitative estimate of drug-likeness (QED) is 0.685. The standard InChI is InChI=1S/C13H24N2O2/c16-12-8-4-3-7-11(12)15-13(17)9-14-10-5-1-2-6-10/h10-12,14,16H,1-9H2,(H,15,17)/t11-,12-/m1/s1. The molecule has 4 heteroatoms. The Labute approximate surface area is 103 Å². The molecule has 0 unspecified atom stereocenters. The highest BCUT2D eigenvalue weighted by Gasteiger charge is 2.24. The molecule has 0 aromatic heterocycles. The number of amides is 1. The van der Waals surface area contributed by atoms with Crippen molar-refractivity contribution in [3.63, 3.8) is 0 Å². The number of carbonyl (C=O) groups is 1. The maximum atomic E-state index is 11.7. The zero-order chi connectivity index (χ0) is 12.1. The molecule has 2 saturated carbocycles. The molecule has 0 spiro atoms. The van der Waals surface area contributed by atoms with Crippen molar-refractivity contribution in [2.45, 2.75) is 69.6 Å². The molecule has 0 aromatic rings. The van der Waals surface area contributed by atoms with Gasteiger partial charge in [-0.15, -0.1) is 0 Å². The number of carbonyl (C=O) groups excluding carboxylic acids is 1. The van der Waals surface area contributed by atoms with Gasteiger partial charge in [0.25, 0.3) is 0 Å². The van der Waals surface area contributed by atoms with E-state index in [0.29, 0.717) is 12.6 Å². The van der Waals surface area contributed by atoms with E-state index in [1.54, 1.807) is 0 Å². The van der Waals surface area contributed by atoms with Crippen LogP contribution in [0.3, 0.4) is 0 Å². The van der Waals surface area contributed by atoms with E-state index in [1.165, 1.54) is 25.7 Å². The zero-order valence-corrected chi connectivity index (χ0v) is 10.5. The van der Waals surface area contributed by atoms with E-state index < -0.39 is 0 Å². The largest absolute Gasteiger partial charge is 0.391 e. The molecule has 98 valence electrons. The van der Waals surface area contributed by atoms with E-state index in [-0.39, 0.29) is 18.1 Å². The van der Waals surface area contributed by atoms with E-state index in [1.807, 2.05) is 0 Å². The predicted molar refractivity (Wildman–Crippen MR) is 66.7 cm³/mol. The third kappa shape index (κ3) is 3.96. The Hall–Kier alpha value is -0.610. The lowest BCUT2D eigenvalue weighted by atomic mass is 9.92.